The summed E-state index contributed by atoms with van der Waals surface area (Å²) in [6.45, 7) is -0.485. The molecular weight excluding hydrogens is 467 g/mol. The number of hydrogen-bond acceptors (Lipinski definition) is 4. The molecule has 174 valence electrons. The van der Waals surface area contributed by atoms with E-state index >= 15 is 0 Å². The molecule has 0 N–H and O–H groups in total. The first kappa shape index (κ1) is 24.7. The number of sulfonamides is 1. The number of halogens is 2. The van der Waals surface area contributed by atoms with Gasteiger partial charge in [0.15, 0.2) is 0 Å². The Balaban J connectivity index is 1.92. The van der Waals surface area contributed by atoms with E-state index in [4.69, 9.17) is 16.3 Å². The van der Waals surface area contributed by atoms with E-state index in [9.17, 15) is 17.6 Å². The highest BCUT2D eigenvalue weighted by molar-refractivity contribution is 7.89. The number of methoxy groups -OCH3 is 1. The maximum absolute atomic E-state index is 14.0. The lowest BCUT2D eigenvalue weighted by atomic mass is 10.2. The van der Waals surface area contributed by atoms with E-state index < -0.39 is 28.3 Å². The minimum absolute atomic E-state index is 0.00518. The SMILES string of the molecule is COc1ccc(Cl)cc1S(=O)(=O)N(CC(=O)N(C)Cc1ccccc1F)Cc1ccccc1. The molecule has 1 amide bonds. The second-order valence-electron chi connectivity index (χ2n) is 7.40. The second kappa shape index (κ2) is 10.8. The van der Waals surface area contributed by atoms with Gasteiger partial charge in [0.1, 0.15) is 16.5 Å². The molecule has 0 aromatic heterocycles. The van der Waals surface area contributed by atoms with E-state index in [1.165, 1.54) is 43.3 Å². The zero-order valence-electron chi connectivity index (χ0n) is 18.2. The fraction of sp³-hybridized carbons (Fsp3) is 0.208. The molecule has 0 spiro atoms. The third-order valence-corrected chi connectivity index (χ3v) is 7.10. The molecule has 0 aliphatic heterocycles. The molecule has 0 unspecified atom stereocenters. The summed E-state index contributed by atoms with van der Waals surface area (Å²) in [6.07, 6.45) is 0. The molecule has 3 aromatic carbocycles. The molecular formula is C24H24ClFN2O4S. The van der Waals surface area contributed by atoms with Crippen molar-refractivity contribution in [3.8, 4) is 5.75 Å². The molecule has 0 aliphatic rings. The van der Waals surface area contributed by atoms with Crippen molar-refractivity contribution in [2.75, 3.05) is 20.7 Å². The quantitative estimate of drug-likeness (QED) is 0.447. The number of hydrogen-bond donors (Lipinski definition) is 0. The number of benzene rings is 3. The van der Waals surface area contributed by atoms with Gasteiger partial charge in [0.05, 0.1) is 13.7 Å². The Morgan fingerprint density at radius 3 is 2.33 bits per heavy atom. The zero-order valence-corrected chi connectivity index (χ0v) is 19.8. The maximum Gasteiger partial charge on any atom is 0.247 e. The molecule has 0 saturated carbocycles. The first-order chi connectivity index (χ1) is 15.7. The average molecular weight is 491 g/mol. The summed E-state index contributed by atoms with van der Waals surface area (Å²) in [7, 11) is -1.31. The summed E-state index contributed by atoms with van der Waals surface area (Å²) in [6, 6.07) is 19.3. The van der Waals surface area contributed by atoms with Crippen molar-refractivity contribution in [2.45, 2.75) is 18.0 Å². The fourth-order valence-electron chi connectivity index (χ4n) is 3.25. The Kier molecular flexibility index (Phi) is 8.07. The van der Waals surface area contributed by atoms with Crippen molar-refractivity contribution in [1.29, 1.82) is 0 Å². The Morgan fingerprint density at radius 1 is 1.00 bits per heavy atom. The van der Waals surface area contributed by atoms with Crippen LogP contribution >= 0.6 is 11.6 Å². The standard InChI is InChI=1S/C24H24ClFN2O4S/c1-27(16-19-10-6-7-11-21(19)26)24(29)17-28(15-18-8-4-3-5-9-18)33(30,31)23-14-20(25)12-13-22(23)32-2/h3-14H,15-17H2,1-2H3. The van der Waals surface area contributed by atoms with Crippen LogP contribution in [0.25, 0.3) is 0 Å². The van der Waals surface area contributed by atoms with Crippen molar-refractivity contribution in [3.63, 3.8) is 0 Å². The highest BCUT2D eigenvalue weighted by atomic mass is 35.5. The second-order valence-corrected chi connectivity index (χ2v) is 9.74. The highest BCUT2D eigenvalue weighted by Crippen LogP contribution is 2.30. The molecule has 3 aromatic rings. The van der Waals surface area contributed by atoms with Gasteiger partial charge in [0, 0.05) is 30.7 Å². The summed E-state index contributed by atoms with van der Waals surface area (Å²) in [5, 5.41) is 0.219. The largest absolute Gasteiger partial charge is 0.495 e. The van der Waals surface area contributed by atoms with Crippen LogP contribution in [-0.4, -0.2) is 44.2 Å². The van der Waals surface area contributed by atoms with Crippen molar-refractivity contribution in [1.82, 2.24) is 9.21 Å². The number of ether oxygens (including phenoxy) is 1. The van der Waals surface area contributed by atoms with E-state index in [1.54, 1.807) is 42.5 Å². The van der Waals surface area contributed by atoms with Crippen LogP contribution in [-0.2, 0) is 27.9 Å². The van der Waals surface area contributed by atoms with Crippen LogP contribution in [0.3, 0.4) is 0 Å². The first-order valence-corrected chi connectivity index (χ1v) is 11.9. The Labute approximate surface area is 198 Å². The molecule has 33 heavy (non-hydrogen) atoms. The Bertz CT molecular complexity index is 1220. The normalized spacial score (nSPS) is 11.4. The first-order valence-electron chi connectivity index (χ1n) is 10.1. The van der Waals surface area contributed by atoms with Gasteiger partial charge < -0.3 is 9.64 Å². The van der Waals surface area contributed by atoms with Crippen LogP contribution in [0.15, 0.2) is 77.7 Å². The van der Waals surface area contributed by atoms with Crippen LogP contribution in [0.2, 0.25) is 5.02 Å². The molecule has 0 atom stereocenters. The average Bonchev–Trinajstić information content (AvgIpc) is 2.80. The fourth-order valence-corrected chi connectivity index (χ4v) is 5.04. The van der Waals surface area contributed by atoms with Gasteiger partial charge in [-0.1, -0.05) is 60.1 Å². The maximum atomic E-state index is 14.0. The predicted molar refractivity (Wildman–Crippen MR) is 125 cm³/mol. The van der Waals surface area contributed by atoms with Crippen LogP contribution in [0, 0.1) is 5.82 Å². The van der Waals surface area contributed by atoms with E-state index in [-0.39, 0.29) is 28.8 Å². The van der Waals surface area contributed by atoms with Crippen LogP contribution in [0.1, 0.15) is 11.1 Å². The third-order valence-electron chi connectivity index (χ3n) is 5.05. The minimum Gasteiger partial charge on any atom is -0.495 e. The van der Waals surface area contributed by atoms with Gasteiger partial charge in [-0.05, 0) is 29.8 Å². The van der Waals surface area contributed by atoms with Crippen molar-refractivity contribution >= 4 is 27.5 Å². The van der Waals surface area contributed by atoms with Crippen molar-refractivity contribution < 1.29 is 22.3 Å². The van der Waals surface area contributed by atoms with E-state index in [1.807, 2.05) is 6.07 Å². The monoisotopic (exact) mass is 490 g/mol. The molecule has 0 heterocycles. The van der Waals surface area contributed by atoms with Gasteiger partial charge in [0.2, 0.25) is 15.9 Å². The van der Waals surface area contributed by atoms with Crippen molar-refractivity contribution in [3.05, 3.63) is 94.8 Å². The van der Waals surface area contributed by atoms with Crippen molar-refractivity contribution in [2.24, 2.45) is 0 Å². The van der Waals surface area contributed by atoms with Gasteiger partial charge in [0.25, 0.3) is 0 Å². The summed E-state index contributed by atoms with van der Waals surface area (Å²) in [4.78, 5) is 14.2. The van der Waals surface area contributed by atoms with Gasteiger partial charge in [-0.15, -0.1) is 0 Å². The number of carbonyl (C=O) groups excluding carboxylic acids is 1. The topological polar surface area (TPSA) is 66.9 Å². The molecule has 0 radical (unpaired) electrons. The van der Waals surface area contributed by atoms with Gasteiger partial charge >= 0.3 is 0 Å². The number of carbonyl (C=O) groups is 1. The number of nitrogens with zero attached hydrogens (tertiary/aromatic N) is 2. The molecule has 9 heteroatoms. The van der Waals surface area contributed by atoms with Crippen LogP contribution in [0.5, 0.6) is 5.75 Å². The van der Waals surface area contributed by atoms with Crippen LogP contribution in [0.4, 0.5) is 4.39 Å². The number of rotatable bonds is 9. The molecule has 0 bridgehead atoms. The van der Waals surface area contributed by atoms with E-state index in [2.05, 4.69) is 0 Å². The summed E-state index contributed by atoms with van der Waals surface area (Å²) < 4.78 is 47.5. The lowest BCUT2D eigenvalue weighted by Crippen LogP contribution is -2.41. The number of likely N-dealkylation sites (N-methyl/N-ethyl adjacent to an activating group) is 1. The summed E-state index contributed by atoms with van der Waals surface area (Å²) in [5.74, 6) is -0.807. The molecule has 0 saturated heterocycles. The van der Waals surface area contributed by atoms with Gasteiger partial charge in [-0.3, -0.25) is 4.79 Å². The third kappa shape index (κ3) is 6.10. The highest BCUT2D eigenvalue weighted by Gasteiger charge is 2.31. The number of amides is 1. The molecule has 3 rings (SSSR count). The lowest BCUT2D eigenvalue weighted by Gasteiger charge is -2.26. The Hall–Kier alpha value is -2.94. The van der Waals surface area contributed by atoms with Gasteiger partial charge in [-0.25, -0.2) is 12.8 Å². The predicted octanol–water partition coefficient (Wildman–Crippen LogP) is 4.34. The minimum atomic E-state index is -4.17. The lowest BCUT2D eigenvalue weighted by molar-refractivity contribution is -0.130. The smallest absolute Gasteiger partial charge is 0.247 e. The molecule has 6 nitrogen and oxygen atoms in total. The summed E-state index contributed by atoms with van der Waals surface area (Å²) in [5.41, 5.74) is 1.04. The van der Waals surface area contributed by atoms with E-state index in [0.29, 0.717) is 11.1 Å². The molecule has 0 aliphatic carbocycles. The molecule has 0 fully saturated rings. The van der Waals surface area contributed by atoms with Crippen LogP contribution < -0.4 is 4.74 Å². The Morgan fingerprint density at radius 2 is 1.67 bits per heavy atom. The van der Waals surface area contributed by atoms with Gasteiger partial charge in [-0.2, -0.15) is 4.31 Å². The summed E-state index contributed by atoms with van der Waals surface area (Å²) >= 11 is 6.06. The zero-order chi connectivity index (χ0) is 24.0. The van der Waals surface area contributed by atoms with E-state index in [0.717, 1.165) is 4.31 Å².